The maximum Gasteiger partial charge on any atom is 0.189 e. The zero-order chi connectivity index (χ0) is 15.1. The number of thiocarbonyl (C=S) groups is 1. The van der Waals surface area contributed by atoms with E-state index in [2.05, 4.69) is 34.5 Å². The minimum Gasteiger partial charge on any atom is -0.389 e. The summed E-state index contributed by atoms with van der Waals surface area (Å²) < 4.78 is 2.88. The van der Waals surface area contributed by atoms with Crippen molar-refractivity contribution in [2.24, 2.45) is 12.8 Å². The minimum absolute atomic E-state index is 0.333. The van der Waals surface area contributed by atoms with Crippen LogP contribution < -0.4 is 11.1 Å². The molecule has 0 aliphatic rings. The van der Waals surface area contributed by atoms with E-state index in [-0.39, 0.29) is 0 Å². The van der Waals surface area contributed by atoms with Crippen molar-refractivity contribution >= 4 is 49.7 Å². The molecule has 7 heteroatoms. The van der Waals surface area contributed by atoms with Crippen molar-refractivity contribution in [3.8, 4) is 0 Å². The number of aryl methyl sites for hydroxylation is 3. The van der Waals surface area contributed by atoms with Gasteiger partial charge < -0.3 is 11.1 Å². The van der Waals surface area contributed by atoms with Crippen LogP contribution in [-0.2, 0) is 7.05 Å². The number of thiazole rings is 1. The first-order chi connectivity index (χ1) is 9.95. The highest BCUT2D eigenvalue weighted by molar-refractivity contribution is 7.80. The summed E-state index contributed by atoms with van der Waals surface area (Å²) in [5, 5.41) is 8.45. The third kappa shape index (κ3) is 2.50. The van der Waals surface area contributed by atoms with Gasteiger partial charge in [0.2, 0.25) is 0 Å². The molecule has 0 spiro atoms. The molecule has 108 valence electrons. The summed E-state index contributed by atoms with van der Waals surface area (Å²) in [5.41, 5.74) is 9.57. The van der Waals surface area contributed by atoms with Crippen LogP contribution in [0.3, 0.4) is 0 Å². The topological polar surface area (TPSA) is 68.8 Å². The van der Waals surface area contributed by atoms with Gasteiger partial charge in [0, 0.05) is 7.05 Å². The lowest BCUT2D eigenvalue weighted by Crippen LogP contribution is -2.12. The maximum atomic E-state index is 5.80. The molecule has 2 aromatic heterocycles. The lowest BCUT2D eigenvalue weighted by Gasteiger charge is -2.05. The van der Waals surface area contributed by atoms with E-state index in [1.54, 1.807) is 16.0 Å². The van der Waals surface area contributed by atoms with E-state index in [1.807, 2.05) is 20.0 Å². The van der Waals surface area contributed by atoms with E-state index < -0.39 is 0 Å². The summed E-state index contributed by atoms with van der Waals surface area (Å²) in [5.74, 6) is 0.774. The van der Waals surface area contributed by atoms with Crippen molar-refractivity contribution in [3.05, 3.63) is 35.0 Å². The maximum absolute atomic E-state index is 5.80. The van der Waals surface area contributed by atoms with Crippen LogP contribution in [0.5, 0.6) is 0 Å². The Hall–Kier alpha value is -1.99. The monoisotopic (exact) mass is 317 g/mol. The molecule has 3 aromatic rings. The van der Waals surface area contributed by atoms with Crippen molar-refractivity contribution in [2.75, 3.05) is 5.32 Å². The second-order valence-corrected chi connectivity index (χ2v) is 6.38. The molecule has 0 amide bonds. The van der Waals surface area contributed by atoms with Crippen LogP contribution in [0, 0.1) is 13.8 Å². The molecule has 0 radical (unpaired) electrons. The van der Waals surface area contributed by atoms with Gasteiger partial charge in [-0.15, -0.1) is 0 Å². The zero-order valence-corrected chi connectivity index (χ0v) is 13.6. The van der Waals surface area contributed by atoms with Crippen LogP contribution in [0.25, 0.3) is 10.2 Å². The number of nitrogens with two attached hydrogens (primary N) is 1. The van der Waals surface area contributed by atoms with E-state index in [4.69, 9.17) is 18.0 Å². The van der Waals surface area contributed by atoms with Gasteiger partial charge in [-0.05, 0) is 31.5 Å². The van der Waals surface area contributed by atoms with Crippen molar-refractivity contribution in [1.29, 1.82) is 0 Å². The molecular formula is C14H15N5S2. The van der Waals surface area contributed by atoms with Crippen LogP contribution in [-0.4, -0.2) is 19.8 Å². The standard InChI is InChI=1S/C14H15N5S2/c1-7-4-5-9-10(6-7)21-14(16-9)17-13-11(12(15)20)8(2)18-19(13)3/h4-6H,1-3H3,(H2,15,20)(H,16,17). The Labute approximate surface area is 131 Å². The van der Waals surface area contributed by atoms with Crippen molar-refractivity contribution in [1.82, 2.24) is 14.8 Å². The lowest BCUT2D eigenvalue weighted by atomic mass is 10.2. The number of nitrogens with zero attached hydrogens (tertiary/aromatic N) is 3. The fourth-order valence-corrected chi connectivity index (χ4v) is 3.49. The predicted molar refractivity (Wildman–Crippen MR) is 91.5 cm³/mol. The summed E-state index contributed by atoms with van der Waals surface area (Å²) in [6.45, 7) is 3.96. The Morgan fingerprint density at radius 1 is 1.38 bits per heavy atom. The third-order valence-corrected chi connectivity index (χ3v) is 4.38. The molecule has 0 fully saturated rings. The Bertz CT molecular complexity index is 847. The molecule has 0 saturated heterocycles. The summed E-state index contributed by atoms with van der Waals surface area (Å²) in [7, 11) is 1.86. The van der Waals surface area contributed by atoms with Gasteiger partial charge in [0.25, 0.3) is 0 Å². The number of benzene rings is 1. The summed E-state index contributed by atoms with van der Waals surface area (Å²) in [6.07, 6.45) is 0. The quantitative estimate of drug-likeness (QED) is 0.727. The molecule has 1 aromatic carbocycles. The van der Waals surface area contributed by atoms with Gasteiger partial charge in [-0.25, -0.2) is 4.98 Å². The van der Waals surface area contributed by atoms with E-state index in [0.717, 1.165) is 32.4 Å². The molecule has 0 unspecified atom stereocenters. The van der Waals surface area contributed by atoms with Gasteiger partial charge in [0.05, 0.1) is 21.5 Å². The second-order valence-electron chi connectivity index (χ2n) is 4.91. The molecule has 3 rings (SSSR count). The first-order valence-corrected chi connectivity index (χ1v) is 7.66. The van der Waals surface area contributed by atoms with Crippen LogP contribution in [0.2, 0.25) is 0 Å². The molecule has 0 aliphatic heterocycles. The Morgan fingerprint density at radius 3 is 2.86 bits per heavy atom. The fourth-order valence-electron chi connectivity index (χ4n) is 2.28. The minimum atomic E-state index is 0.333. The second kappa shape index (κ2) is 5.09. The lowest BCUT2D eigenvalue weighted by molar-refractivity contribution is 0.765. The van der Waals surface area contributed by atoms with E-state index >= 15 is 0 Å². The SMILES string of the molecule is Cc1ccc2nc(Nc3c(C(N)=S)c(C)nn3C)sc2c1. The molecule has 0 aliphatic carbocycles. The molecule has 5 nitrogen and oxygen atoms in total. The van der Waals surface area contributed by atoms with Gasteiger partial charge >= 0.3 is 0 Å². The Kier molecular flexibility index (Phi) is 3.38. The highest BCUT2D eigenvalue weighted by Crippen LogP contribution is 2.30. The van der Waals surface area contributed by atoms with Crippen LogP contribution >= 0.6 is 23.6 Å². The van der Waals surface area contributed by atoms with Crippen molar-refractivity contribution < 1.29 is 0 Å². The van der Waals surface area contributed by atoms with Gasteiger partial charge in [0.1, 0.15) is 10.8 Å². The number of rotatable bonds is 3. The number of aromatic nitrogens is 3. The molecule has 2 heterocycles. The fraction of sp³-hybridized carbons (Fsp3) is 0.214. The van der Waals surface area contributed by atoms with Crippen LogP contribution in [0.15, 0.2) is 18.2 Å². The Morgan fingerprint density at radius 2 is 2.14 bits per heavy atom. The first-order valence-electron chi connectivity index (χ1n) is 6.43. The smallest absolute Gasteiger partial charge is 0.189 e. The van der Waals surface area contributed by atoms with Crippen molar-refractivity contribution in [3.63, 3.8) is 0 Å². The number of nitrogens with one attached hydrogen (secondary N) is 1. The number of hydrogen-bond acceptors (Lipinski definition) is 5. The normalized spacial score (nSPS) is 11.0. The third-order valence-electron chi connectivity index (χ3n) is 3.24. The molecule has 0 bridgehead atoms. The van der Waals surface area contributed by atoms with Crippen molar-refractivity contribution in [2.45, 2.75) is 13.8 Å². The largest absolute Gasteiger partial charge is 0.389 e. The average Bonchev–Trinajstić information content (AvgIpc) is 2.90. The Balaban J connectivity index is 2.04. The number of hydrogen-bond donors (Lipinski definition) is 2. The van der Waals surface area contributed by atoms with Gasteiger partial charge in [0.15, 0.2) is 5.13 Å². The number of fused-ring (bicyclic) bond motifs is 1. The highest BCUT2D eigenvalue weighted by atomic mass is 32.1. The molecule has 0 atom stereocenters. The predicted octanol–water partition coefficient (Wildman–Crippen LogP) is 3.02. The molecule has 0 saturated carbocycles. The van der Waals surface area contributed by atoms with E-state index in [0.29, 0.717) is 4.99 Å². The summed E-state index contributed by atoms with van der Waals surface area (Å²) in [6, 6.07) is 6.21. The summed E-state index contributed by atoms with van der Waals surface area (Å²) in [4.78, 5) is 4.92. The van der Waals surface area contributed by atoms with E-state index in [9.17, 15) is 0 Å². The van der Waals surface area contributed by atoms with Crippen LogP contribution in [0.1, 0.15) is 16.8 Å². The molecule has 21 heavy (non-hydrogen) atoms. The molecular weight excluding hydrogens is 302 g/mol. The van der Waals surface area contributed by atoms with Gasteiger partial charge in [-0.1, -0.05) is 29.6 Å². The highest BCUT2D eigenvalue weighted by Gasteiger charge is 2.17. The van der Waals surface area contributed by atoms with Gasteiger partial charge in [-0.2, -0.15) is 5.10 Å². The van der Waals surface area contributed by atoms with Gasteiger partial charge in [-0.3, -0.25) is 4.68 Å². The summed E-state index contributed by atoms with van der Waals surface area (Å²) >= 11 is 6.71. The zero-order valence-electron chi connectivity index (χ0n) is 12.0. The molecule has 3 N–H and O–H groups in total. The number of anilines is 2. The van der Waals surface area contributed by atoms with Crippen LogP contribution in [0.4, 0.5) is 10.9 Å². The average molecular weight is 317 g/mol. The van der Waals surface area contributed by atoms with E-state index in [1.165, 1.54) is 5.56 Å². The first kappa shape index (κ1) is 14.0.